The van der Waals surface area contributed by atoms with Gasteiger partial charge in [0.05, 0.1) is 17.0 Å². The zero-order valence-corrected chi connectivity index (χ0v) is 17.9. The Hall–Kier alpha value is -3.39. The number of thioether (sulfide) groups is 1. The van der Waals surface area contributed by atoms with Crippen LogP contribution >= 0.6 is 11.8 Å². The number of para-hydroxylation sites is 1. The predicted octanol–water partition coefficient (Wildman–Crippen LogP) is 3.55. The summed E-state index contributed by atoms with van der Waals surface area (Å²) < 4.78 is 1.45. The van der Waals surface area contributed by atoms with Crippen molar-refractivity contribution in [2.75, 3.05) is 11.6 Å². The molecule has 0 unspecified atom stereocenters. The van der Waals surface area contributed by atoms with Crippen LogP contribution in [0, 0.1) is 6.92 Å². The van der Waals surface area contributed by atoms with Gasteiger partial charge in [-0.15, -0.1) is 10.2 Å². The van der Waals surface area contributed by atoms with Crippen molar-refractivity contribution >= 4 is 28.6 Å². The Morgan fingerprint density at radius 1 is 1.16 bits per heavy atom. The summed E-state index contributed by atoms with van der Waals surface area (Å²) in [6.07, 6.45) is 2.12. The number of fused-ring (bicyclic) bond motifs is 1. The Balaban J connectivity index is 1.51. The summed E-state index contributed by atoms with van der Waals surface area (Å²) in [6.45, 7) is 2.06. The Labute approximate surface area is 184 Å². The van der Waals surface area contributed by atoms with Gasteiger partial charge in [0.2, 0.25) is 11.1 Å². The van der Waals surface area contributed by atoms with E-state index in [1.807, 2.05) is 30.3 Å². The van der Waals surface area contributed by atoms with Gasteiger partial charge in [-0.3, -0.25) is 4.79 Å². The van der Waals surface area contributed by atoms with Crippen LogP contribution in [0.15, 0.2) is 59.8 Å². The maximum Gasteiger partial charge on any atom is 0.230 e. The van der Waals surface area contributed by atoms with Gasteiger partial charge in [0.15, 0.2) is 5.82 Å². The Morgan fingerprint density at radius 2 is 1.94 bits per heavy atom. The SMILES string of the molecule is Cc1ccc(-c2cc(-c3nnc(SCC(=O)NC4CC4)n3N)c3ccccc3n2)cc1. The van der Waals surface area contributed by atoms with Crippen LogP contribution in [0.4, 0.5) is 0 Å². The number of carbonyl (C=O) groups is 1. The summed E-state index contributed by atoms with van der Waals surface area (Å²) >= 11 is 1.28. The molecule has 1 aliphatic carbocycles. The molecule has 0 saturated heterocycles. The number of benzene rings is 2. The van der Waals surface area contributed by atoms with Gasteiger partial charge in [0, 0.05) is 22.6 Å². The average Bonchev–Trinajstić information content (AvgIpc) is 3.52. The molecule has 0 radical (unpaired) electrons. The highest BCUT2D eigenvalue weighted by Crippen LogP contribution is 2.32. The molecule has 2 heterocycles. The zero-order valence-electron chi connectivity index (χ0n) is 17.1. The van der Waals surface area contributed by atoms with Gasteiger partial charge in [-0.2, -0.15) is 0 Å². The number of pyridine rings is 1. The molecular weight excluding hydrogens is 408 g/mol. The first-order valence-corrected chi connectivity index (χ1v) is 11.2. The second-order valence-corrected chi connectivity index (χ2v) is 8.69. The highest BCUT2D eigenvalue weighted by Gasteiger charge is 2.24. The van der Waals surface area contributed by atoms with Gasteiger partial charge in [0.1, 0.15) is 0 Å². The van der Waals surface area contributed by atoms with E-state index in [1.165, 1.54) is 22.0 Å². The molecular formula is C23H22N6OS. The minimum absolute atomic E-state index is 0.00642. The molecule has 2 aromatic heterocycles. The lowest BCUT2D eigenvalue weighted by Gasteiger charge is -2.10. The average molecular weight is 431 g/mol. The quantitative estimate of drug-likeness (QED) is 0.359. The molecule has 1 amide bonds. The number of nitrogens with one attached hydrogen (secondary N) is 1. The van der Waals surface area contributed by atoms with Crippen molar-refractivity contribution < 1.29 is 4.79 Å². The fourth-order valence-corrected chi connectivity index (χ4v) is 4.09. The van der Waals surface area contributed by atoms with E-state index < -0.39 is 0 Å². The van der Waals surface area contributed by atoms with Crippen molar-refractivity contribution in [1.29, 1.82) is 0 Å². The van der Waals surface area contributed by atoms with E-state index in [9.17, 15) is 4.79 Å². The molecule has 4 aromatic rings. The molecule has 1 fully saturated rings. The first-order valence-electron chi connectivity index (χ1n) is 10.2. The van der Waals surface area contributed by atoms with E-state index in [0.29, 0.717) is 17.0 Å². The minimum Gasteiger partial charge on any atom is -0.353 e. The predicted molar refractivity (Wildman–Crippen MR) is 123 cm³/mol. The third-order valence-corrected chi connectivity index (χ3v) is 6.19. The molecule has 2 aromatic carbocycles. The summed E-state index contributed by atoms with van der Waals surface area (Å²) in [7, 11) is 0. The number of hydrogen-bond donors (Lipinski definition) is 2. The molecule has 3 N–H and O–H groups in total. The minimum atomic E-state index is -0.00642. The van der Waals surface area contributed by atoms with Gasteiger partial charge in [-0.05, 0) is 31.9 Å². The summed E-state index contributed by atoms with van der Waals surface area (Å²) in [4.78, 5) is 16.9. The number of rotatable bonds is 6. The molecule has 0 aliphatic heterocycles. The van der Waals surface area contributed by atoms with Crippen LogP contribution in [0.25, 0.3) is 33.5 Å². The lowest BCUT2D eigenvalue weighted by Crippen LogP contribution is -2.27. The lowest BCUT2D eigenvalue weighted by atomic mass is 10.0. The summed E-state index contributed by atoms with van der Waals surface area (Å²) in [5, 5.41) is 13.0. The zero-order chi connectivity index (χ0) is 21.4. The second kappa shape index (κ2) is 8.03. The number of hydrogen-bond acceptors (Lipinski definition) is 6. The third kappa shape index (κ3) is 4.11. The Morgan fingerprint density at radius 3 is 2.71 bits per heavy atom. The van der Waals surface area contributed by atoms with Gasteiger partial charge >= 0.3 is 0 Å². The van der Waals surface area contributed by atoms with Gasteiger partial charge < -0.3 is 11.2 Å². The monoisotopic (exact) mass is 430 g/mol. The van der Waals surface area contributed by atoms with Crippen LogP contribution in [0.5, 0.6) is 0 Å². The van der Waals surface area contributed by atoms with Crippen molar-refractivity contribution in [3.05, 3.63) is 60.2 Å². The molecule has 1 aliphatic rings. The molecule has 7 nitrogen and oxygen atoms in total. The van der Waals surface area contributed by atoms with Gasteiger partial charge in [-0.25, -0.2) is 9.66 Å². The smallest absolute Gasteiger partial charge is 0.230 e. The summed E-state index contributed by atoms with van der Waals surface area (Å²) in [5.74, 6) is 7.15. The van der Waals surface area contributed by atoms with E-state index in [1.54, 1.807) is 0 Å². The third-order valence-electron chi connectivity index (χ3n) is 5.24. The Kier molecular flexibility index (Phi) is 5.07. The van der Waals surface area contributed by atoms with E-state index in [2.05, 4.69) is 46.7 Å². The van der Waals surface area contributed by atoms with Crippen LogP contribution in [0.1, 0.15) is 18.4 Å². The van der Waals surface area contributed by atoms with Crippen molar-refractivity contribution in [3.63, 3.8) is 0 Å². The molecule has 5 rings (SSSR count). The fraction of sp³-hybridized carbons (Fsp3) is 0.217. The van der Waals surface area contributed by atoms with Gasteiger partial charge in [-0.1, -0.05) is 59.8 Å². The molecule has 0 spiro atoms. The fourth-order valence-electron chi connectivity index (χ4n) is 3.42. The molecule has 156 valence electrons. The van der Waals surface area contributed by atoms with E-state index in [-0.39, 0.29) is 11.7 Å². The van der Waals surface area contributed by atoms with Crippen LogP contribution in [-0.2, 0) is 4.79 Å². The maximum absolute atomic E-state index is 12.0. The van der Waals surface area contributed by atoms with Crippen molar-refractivity contribution in [2.24, 2.45) is 0 Å². The van der Waals surface area contributed by atoms with E-state index >= 15 is 0 Å². The number of nitrogens with two attached hydrogens (primary N) is 1. The maximum atomic E-state index is 12.0. The van der Waals surface area contributed by atoms with Crippen LogP contribution in [0.2, 0.25) is 0 Å². The van der Waals surface area contributed by atoms with Crippen molar-refractivity contribution in [3.8, 4) is 22.6 Å². The van der Waals surface area contributed by atoms with Gasteiger partial charge in [0.25, 0.3) is 0 Å². The topological polar surface area (TPSA) is 98.7 Å². The normalized spacial score (nSPS) is 13.5. The molecule has 31 heavy (non-hydrogen) atoms. The molecule has 0 atom stereocenters. The number of aromatic nitrogens is 4. The number of nitrogen functional groups attached to an aromatic ring is 1. The summed E-state index contributed by atoms with van der Waals surface area (Å²) in [6, 6.07) is 18.5. The highest BCUT2D eigenvalue weighted by atomic mass is 32.2. The molecule has 1 saturated carbocycles. The van der Waals surface area contributed by atoms with Crippen LogP contribution in [-0.4, -0.2) is 37.6 Å². The highest BCUT2D eigenvalue weighted by molar-refractivity contribution is 7.99. The number of nitrogens with zero attached hydrogens (tertiary/aromatic N) is 4. The number of aryl methyl sites for hydroxylation is 1. The summed E-state index contributed by atoms with van der Waals surface area (Å²) in [5.41, 5.74) is 4.77. The Bertz CT molecular complexity index is 1260. The molecule has 8 heteroatoms. The number of amides is 1. The standard InChI is InChI=1S/C23H22N6OS/c1-14-6-8-15(9-7-14)20-12-18(17-4-2-3-5-19(17)26-20)22-27-28-23(29(22)24)31-13-21(30)25-16-10-11-16/h2-9,12,16H,10-11,13,24H2,1H3,(H,25,30). The van der Waals surface area contributed by atoms with E-state index in [0.717, 1.165) is 40.6 Å². The molecule has 0 bridgehead atoms. The first-order chi connectivity index (χ1) is 15.1. The number of carbonyl (C=O) groups excluding carboxylic acids is 1. The lowest BCUT2D eigenvalue weighted by molar-refractivity contribution is -0.118. The van der Waals surface area contributed by atoms with Crippen LogP contribution in [0.3, 0.4) is 0 Å². The second-order valence-electron chi connectivity index (χ2n) is 7.74. The largest absolute Gasteiger partial charge is 0.353 e. The van der Waals surface area contributed by atoms with Crippen LogP contribution < -0.4 is 11.2 Å². The van der Waals surface area contributed by atoms with E-state index in [4.69, 9.17) is 10.8 Å². The first kappa shape index (κ1) is 19.6. The van der Waals surface area contributed by atoms with Crippen molar-refractivity contribution in [2.45, 2.75) is 31.0 Å². The van der Waals surface area contributed by atoms with Crippen molar-refractivity contribution in [1.82, 2.24) is 25.2 Å².